The normalized spacial score (nSPS) is 15.9. The van der Waals surface area contributed by atoms with Gasteiger partial charge in [0, 0.05) is 38.7 Å². The Morgan fingerprint density at radius 1 is 1.06 bits per heavy atom. The van der Waals surface area contributed by atoms with Crippen molar-refractivity contribution in [3.8, 4) is 5.75 Å². The minimum Gasteiger partial charge on any atom is -0.494 e. The molecule has 0 saturated carbocycles. The van der Waals surface area contributed by atoms with E-state index in [-0.39, 0.29) is 6.61 Å². The molecule has 0 amide bonds. The molecule has 0 radical (unpaired) electrons. The number of ether oxygens (including phenoxy) is 3. The first-order valence-corrected chi connectivity index (χ1v) is 12.9. The number of aryl methyl sites for hydroxylation is 1. The second-order valence-electron chi connectivity index (χ2n) is 8.54. The highest BCUT2D eigenvalue weighted by Crippen LogP contribution is 2.33. The van der Waals surface area contributed by atoms with E-state index in [9.17, 15) is 4.79 Å². The van der Waals surface area contributed by atoms with Crippen molar-refractivity contribution >= 4 is 46.6 Å². The van der Waals surface area contributed by atoms with E-state index in [4.69, 9.17) is 37.4 Å². The maximum atomic E-state index is 11.5. The smallest absolute Gasteiger partial charge is 0.494 e. The Morgan fingerprint density at radius 2 is 1.89 bits per heavy atom. The molecule has 2 aromatic rings. The van der Waals surface area contributed by atoms with Crippen molar-refractivity contribution in [3.05, 3.63) is 52.0 Å². The molecule has 7 nitrogen and oxygen atoms in total. The number of piperazine rings is 1. The number of carbonyl (C=O) groups excluding carboxylic acids is 1. The Bertz CT molecular complexity index is 1050. The lowest BCUT2D eigenvalue weighted by molar-refractivity contribution is 0.0993. The van der Waals surface area contributed by atoms with Crippen LogP contribution in [0.15, 0.2) is 41.4 Å². The molecule has 0 aromatic heterocycles. The molecule has 2 heterocycles. The van der Waals surface area contributed by atoms with Crippen molar-refractivity contribution in [2.75, 3.05) is 50.8 Å². The van der Waals surface area contributed by atoms with Crippen molar-refractivity contribution in [2.45, 2.75) is 32.6 Å². The van der Waals surface area contributed by atoms with E-state index < -0.39 is 6.16 Å². The predicted octanol–water partition coefficient (Wildman–Crippen LogP) is 6.12. The predicted molar refractivity (Wildman–Crippen MR) is 140 cm³/mol. The third-order valence-corrected chi connectivity index (χ3v) is 6.96. The van der Waals surface area contributed by atoms with E-state index in [1.54, 1.807) is 6.92 Å². The molecule has 0 aliphatic carbocycles. The van der Waals surface area contributed by atoms with Crippen LogP contribution < -0.4 is 9.64 Å². The second kappa shape index (κ2) is 12.5. The minimum atomic E-state index is -0.711. The summed E-state index contributed by atoms with van der Waals surface area (Å²) < 4.78 is 16.0. The number of carbonyl (C=O) groups is 1. The standard InChI is InChI=1S/C26H31Cl2N3O4/c1-2-33-26(32)35-24-11-9-19-8-10-20(18-22(19)29-24)34-17-4-3-12-30-13-15-31(16-14-30)23-7-5-6-21(27)25(23)28/h5-8,10,18H,2-4,9,11-17H2,1H3. The Kier molecular flexibility index (Phi) is 9.12. The molecular formula is C26H31Cl2N3O4. The molecular weight excluding hydrogens is 489 g/mol. The lowest BCUT2D eigenvalue weighted by Gasteiger charge is -2.36. The summed E-state index contributed by atoms with van der Waals surface area (Å²) in [6.07, 6.45) is 2.67. The van der Waals surface area contributed by atoms with Crippen LogP contribution in [0.25, 0.3) is 0 Å². The average Bonchev–Trinajstić information content (AvgIpc) is 2.86. The molecule has 2 aromatic carbocycles. The summed E-state index contributed by atoms with van der Waals surface area (Å²) in [5.41, 5.74) is 2.92. The van der Waals surface area contributed by atoms with Gasteiger partial charge in [-0.1, -0.05) is 35.3 Å². The van der Waals surface area contributed by atoms with E-state index in [0.29, 0.717) is 29.0 Å². The zero-order chi connectivity index (χ0) is 24.6. The summed E-state index contributed by atoms with van der Waals surface area (Å²) in [6.45, 7) is 7.58. The van der Waals surface area contributed by atoms with Gasteiger partial charge in [-0.15, -0.1) is 0 Å². The van der Waals surface area contributed by atoms with Gasteiger partial charge in [0.05, 0.1) is 34.6 Å². The number of anilines is 1. The summed E-state index contributed by atoms with van der Waals surface area (Å²) in [7, 11) is 0. The molecule has 0 atom stereocenters. The molecule has 0 bridgehead atoms. The van der Waals surface area contributed by atoms with Gasteiger partial charge in [0.2, 0.25) is 5.90 Å². The van der Waals surface area contributed by atoms with Crippen LogP contribution in [0.4, 0.5) is 16.2 Å². The topological polar surface area (TPSA) is 63.6 Å². The highest BCUT2D eigenvalue weighted by Gasteiger charge is 2.20. The summed E-state index contributed by atoms with van der Waals surface area (Å²) in [6, 6.07) is 11.7. The first-order valence-electron chi connectivity index (χ1n) is 12.1. The Hall–Kier alpha value is -2.48. The lowest BCUT2D eigenvalue weighted by atomic mass is 10.0. The molecule has 0 unspecified atom stereocenters. The fraction of sp³-hybridized carbons (Fsp3) is 0.462. The van der Waals surface area contributed by atoms with Gasteiger partial charge in [-0.05, 0) is 56.5 Å². The van der Waals surface area contributed by atoms with Crippen LogP contribution in [0, 0.1) is 0 Å². The number of fused-ring (bicyclic) bond motifs is 1. The van der Waals surface area contributed by atoms with Gasteiger partial charge < -0.3 is 19.1 Å². The lowest BCUT2D eigenvalue weighted by Crippen LogP contribution is -2.46. The van der Waals surface area contributed by atoms with Crippen LogP contribution in [0.2, 0.25) is 10.0 Å². The number of aliphatic imine (C=N–C) groups is 1. The molecule has 1 fully saturated rings. The highest BCUT2D eigenvalue weighted by atomic mass is 35.5. The number of unbranched alkanes of at least 4 members (excludes halogenated alkanes) is 1. The van der Waals surface area contributed by atoms with Gasteiger partial charge in [0.1, 0.15) is 5.75 Å². The number of hydrogen-bond acceptors (Lipinski definition) is 7. The highest BCUT2D eigenvalue weighted by molar-refractivity contribution is 6.43. The molecule has 9 heteroatoms. The van der Waals surface area contributed by atoms with Crippen LogP contribution in [0.5, 0.6) is 5.75 Å². The van der Waals surface area contributed by atoms with E-state index in [1.807, 2.05) is 36.4 Å². The average molecular weight is 520 g/mol. The molecule has 0 N–H and O–H groups in total. The Balaban J connectivity index is 1.17. The summed E-state index contributed by atoms with van der Waals surface area (Å²) in [4.78, 5) is 20.8. The molecule has 4 rings (SSSR count). The number of benzene rings is 2. The number of hydrogen-bond donors (Lipinski definition) is 0. The SMILES string of the molecule is CCOC(=O)OC1=Nc2cc(OCCCCN3CCN(c4cccc(Cl)c4Cl)CC3)ccc2CC1. The van der Waals surface area contributed by atoms with Crippen molar-refractivity contribution < 1.29 is 19.0 Å². The Labute approximate surface area is 216 Å². The molecule has 35 heavy (non-hydrogen) atoms. The van der Waals surface area contributed by atoms with Crippen LogP contribution in [-0.2, 0) is 15.9 Å². The van der Waals surface area contributed by atoms with E-state index in [1.165, 1.54) is 0 Å². The third kappa shape index (κ3) is 7.03. The van der Waals surface area contributed by atoms with Crippen LogP contribution in [0.1, 0.15) is 31.7 Å². The fourth-order valence-electron chi connectivity index (χ4n) is 4.27. The molecule has 188 valence electrons. The van der Waals surface area contributed by atoms with Crippen molar-refractivity contribution in [3.63, 3.8) is 0 Å². The number of rotatable bonds is 8. The summed E-state index contributed by atoms with van der Waals surface area (Å²) >= 11 is 12.5. The van der Waals surface area contributed by atoms with Gasteiger partial charge in [-0.3, -0.25) is 4.90 Å². The van der Waals surface area contributed by atoms with Crippen LogP contribution in [-0.4, -0.2) is 62.9 Å². The monoisotopic (exact) mass is 519 g/mol. The van der Waals surface area contributed by atoms with Crippen LogP contribution >= 0.6 is 23.2 Å². The quantitative estimate of drug-likeness (QED) is 0.309. The molecule has 2 aliphatic rings. The van der Waals surface area contributed by atoms with E-state index in [0.717, 1.165) is 74.7 Å². The Morgan fingerprint density at radius 3 is 2.69 bits per heavy atom. The third-order valence-electron chi connectivity index (χ3n) is 6.16. The largest absolute Gasteiger partial charge is 0.514 e. The maximum Gasteiger partial charge on any atom is 0.514 e. The van der Waals surface area contributed by atoms with Gasteiger partial charge in [0.25, 0.3) is 0 Å². The fourth-order valence-corrected chi connectivity index (χ4v) is 4.69. The van der Waals surface area contributed by atoms with Crippen molar-refractivity contribution in [1.29, 1.82) is 0 Å². The molecule has 0 spiro atoms. The maximum absolute atomic E-state index is 11.5. The van der Waals surface area contributed by atoms with Crippen molar-refractivity contribution in [1.82, 2.24) is 4.90 Å². The second-order valence-corrected chi connectivity index (χ2v) is 9.32. The minimum absolute atomic E-state index is 0.273. The van der Waals surface area contributed by atoms with E-state index >= 15 is 0 Å². The summed E-state index contributed by atoms with van der Waals surface area (Å²) in [5, 5.41) is 1.23. The summed E-state index contributed by atoms with van der Waals surface area (Å²) in [5.74, 6) is 1.16. The van der Waals surface area contributed by atoms with Gasteiger partial charge >= 0.3 is 6.16 Å². The van der Waals surface area contributed by atoms with Gasteiger partial charge in [0.15, 0.2) is 0 Å². The van der Waals surface area contributed by atoms with E-state index in [2.05, 4.69) is 14.8 Å². The van der Waals surface area contributed by atoms with Crippen LogP contribution in [0.3, 0.4) is 0 Å². The first-order chi connectivity index (χ1) is 17.0. The number of nitrogens with zero attached hydrogens (tertiary/aromatic N) is 3. The van der Waals surface area contributed by atoms with Gasteiger partial charge in [-0.2, -0.15) is 0 Å². The molecule has 2 aliphatic heterocycles. The van der Waals surface area contributed by atoms with Gasteiger partial charge in [-0.25, -0.2) is 9.79 Å². The van der Waals surface area contributed by atoms with Crippen molar-refractivity contribution in [2.24, 2.45) is 4.99 Å². The zero-order valence-electron chi connectivity index (χ0n) is 20.0. The molecule has 1 saturated heterocycles. The number of halogens is 2. The zero-order valence-corrected chi connectivity index (χ0v) is 21.5. The first kappa shape index (κ1) is 25.6.